The van der Waals surface area contributed by atoms with Crippen LogP contribution in [0.1, 0.15) is 65.7 Å². The van der Waals surface area contributed by atoms with Crippen LogP contribution in [0, 0.1) is 17.3 Å². The SMILES string of the molecule is CC(C)(C)CC(=O)N1CCN(C(C(=O)NCC2CC2)C2CCCC2)CC1. The first kappa shape index (κ1) is 19.7. The van der Waals surface area contributed by atoms with Crippen LogP contribution in [-0.2, 0) is 9.59 Å². The molecule has 1 heterocycles. The van der Waals surface area contributed by atoms with Gasteiger partial charge in [-0.1, -0.05) is 33.6 Å². The monoisotopic (exact) mass is 363 g/mol. The summed E-state index contributed by atoms with van der Waals surface area (Å²) in [6.45, 7) is 10.4. The predicted molar refractivity (Wildman–Crippen MR) is 104 cm³/mol. The van der Waals surface area contributed by atoms with Crippen molar-refractivity contribution in [3.8, 4) is 0 Å². The molecular weight excluding hydrogens is 326 g/mol. The van der Waals surface area contributed by atoms with Crippen LogP contribution in [0.3, 0.4) is 0 Å². The van der Waals surface area contributed by atoms with Crippen LogP contribution in [0.2, 0.25) is 0 Å². The Morgan fingerprint density at radius 1 is 1.00 bits per heavy atom. The Hall–Kier alpha value is -1.10. The number of carbonyl (C=O) groups is 2. The number of nitrogens with one attached hydrogen (secondary N) is 1. The third-order valence-corrected chi connectivity index (χ3v) is 6.12. The molecule has 1 saturated heterocycles. The summed E-state index contributed by atoms with van der Waals surface area (Å²) in [5.74, 6) is 1.70. The minimum atomic E-state index is 0.0103. The molecule has 1 atom stereocenters. The molecule has 3 aliphatic rings. The Labute approximate surface area is 158 Å². The molecule has 0 aromatic rings. The number of piperazine rings is 1. The number of rotatable bonds is 6. The van der Waals surface area contributed by atoms with Crippen molar-refractivity contribution in [1.82, 2.24) is 15.1 Å². The molecule has 2 amide bonds. The lowest BCUT2D eigenvalue weighted by atomic mass is 9.91. The smallest absolute Gasteiger partial charge is 0.237 e. The second kappa shape index (κ2) is 8.28. The van der Waals surface area contributed by atoms with Gasteiger partial charge in [0.25, 0.3) is 0 Å². The molecule has 26 heavy (non-hydrogen) atoms. The molecule has 1 N–H and O–H groups in total. The standard InChI is InChI=1S/C21H37N3O2/c1-21(2,3)14-18(25)23-10-12-24(13-11-23)19(17-6-4-5-7-17)20(26)22-15-16-8-9-16/h16-17,19H,4-15H2,1-3H3,(H,22,26). The van der Waals surface area contributed by atoms with Crippen molar-refractivity contribution in [2.45, 2.75) is 71.8 Å². The third kappa shape index (κ3) is 5.45. The van der Waals surface area contributed by atoms with Gasteiger partial charge in [0.05, 0.1) is 6.04 Å². The van der Waals surface area contributed by atoms with Crippen molar-refractivity contribution >= 4 is 11.8 Å². The molecule has 5 nitrogen and oxygen atoms in total. The largest absolute Gasteiger partial charge is 0.354 e. The Balaban J connectivity index is 1.55. The second-order valence-corrected chi connectivity index (χ2v) is 9.83. The van der Waals surface area contributed by atoms with Gasteiger partial charge in [0.2, 0.25) is 11.8 Å². The van der Waals surface area contributed by atoms with Gasteiger partial charge >= 0.3 is 0 Å². The van der Waals surface area contributed by atoms with Crippen molar-refractivity contribution in [3.63, 3.8) is 0 Å². The van der Waals surface area contributed by atoms with E-state index in [1.807, 2.05) is 4.90 Å². The molecule has 148 valence electrons. The maximum Gasteiger partial charge on any atom is 0.237 e. The molecule has 1 unspecified atom stereocenters. The van der Waals surface area contributed by atoms with Gasteiger partial charge in [-0.3, -0.25) is 14.5 Å². The highest BCUT2D eigenvalue weighted by Gasteiger charge is 2.38. The number of carbonyl (C=O) groups excluding carboxylic acids is 2. The zero-order chi connectivity index (χ0) is 18.7. The molecule has 0 aromatic carbocycles. The van der Waals surface area contributed by atoms with E-state index in [1.54, 1.807) is 0 Å². The van der Waals surface area contributed by atoms with E-state index in [2.05, 4.69) is 31.0 Å². The molecule has 0 bridgehead atoms. The fraction of sp³-hybridized carbons (Fsp3) is 0.905. The minimum absolute atomic E-state index is 0.0103. The van der Waals surface area contributed by atoms with E-state index >= 15 is 0 Å². The van der Waals surface area contributed by atoms with Crippen molar-refractivity contribution in [3.05, 3.63) is 0 Å². The molecule has 3 rings (SSSR count). The van der Waals surface area contributed by atoms with Gasteiger partial charge in [-0.25, -0.2) is 0 Å². The van der Waals surface area contributed by atoms with Gasteiger partial charge < -0.3 is 10.2 Å². The van der Waals surface area contributed by atoms with Crippen LogP contribution >= 0.6 is 0 Å². The Kier molecular flexibility index (Phi) is 6.26. The van der Waals surface area contributed by atoms with Crippen LogP contribution in [0.25, 0.3) is 0 Å². The summed E-state index contributed by atoms with van der Waals surface area (Å²) in [4.78, 5) is 29.8. The van der Waals surface area contributed by atoms with Gasteiger partial charge in [0, 0.05) is 39.1 Å². The highest BCUT2D eigenvalue weighted by molar-refractivity contribution is 5.82. The lowest BCUT2D eigenvalue weighted by molar-refractivity contribution is -0.136. The first-order valence-corrected chi connectivity index (χ1v) is 10.6. The van der Waals surface area contributed by atoms with Gasteiger partial charge in [-0.2, -0.15) is 0 Å². The summed E-state index contributed by atoms with van der Waals surface area (Å²) in [5, 5.41) is 3.22. The van der Waals surface area contributed by atoms with E-state index < -0.39 is 0 Å². The molecule has 1 aliphatic heterocycles. The lowest BCUT2D eigenvalue weighted by Crippen LogP contribution is -2.58. The van der Waals surface area contributed by atoms with Gasteiger partial charge in [0.15, 0.2) is 0 Å². The normalized spacial score (nSPS) is 23.9. The molecule has 2 aliphatic carbocycles. The third-order valence-electron chi connectivity index (χ3n) is 6.12. The van der Waals surface area contributed by atoms with Gasteiger partial charge in [-0.05, 0) is 42.9 Å². The first-order chi connectivity index (χ1) is 12.3. The summed E-state index contributed by atoms with van der Waals surface area (Å²) in [6.07, 6.45) is 7.98. The van der Waals surface area contributed by atoms with Gasteiger partial charge in [-0.15, -0.1) is 0 Å². The first-order valence-electron chi connectivity index (χ1n) is 10.6. The molecule has 2 saturated carbocycles. The number of nitrogens with zero attached hydrogens (tertiary/aromatic N) is 2. The summed E-state index contributed by atoms with van der Waals surface area (Å²) < 4.78 is 0. The second-order valence-electron chi connectivity index (χ2n) is 9.83. The topological polar surface area (TPSA) is 52.7 Å². The van der Waals surface area contributed by atoms with Crippen molar-refractivity contribution in [2.75, 3.05) is 32.7 Å². The molecule has 0 radical (unpaired) electrons. The highest BCUT2D eigenvalue weighted by atomic mass is 16.2. The number of amides is 2. The quantitative estimate of drug-likeness (QED) is 0.789. The van der Waals surface area contributed by atoms with E-state index in [9.17, 15) is 9.59 Å². The van der Waals surface area contributed by atoms with Crippen LogP contribution in [0.4, 0.5) is 0 Å². The fourth-order valence-corrected chi connectivity index (χ4v) is 4.44. The maximum absolute atomic E-state index is 12.9. The summed E-state index contributed by atoms with van der Waals surface area (Å²) >= 11 is 0. The van der Waals surface area contributed by atoms with E-state index in [0.717, 1.165) is 38.6 Å². The van der Waals surface area contributed by atoms with Crippen LogP contribution < -0.4 is 5.32 Å². The van der Waals surface area contributed by atoms with Gasteiger partial charge in [0.1, 0.15) is 0 Å². The fourth-order valence-electron chi connectivity index (χ4n) is 4.44. The minimum Gasteiger partial charge on any atom is -0.354 e. The molecule has 0 aromatic heterocycles. The molecule has 3 fully saturated rings. The van der Waals surface area contributed by atoms with Crippen LogP contribution in [-0.4, -0.2) is 60.4 Å². The Morgan fingerprint density at radius 3 is 2.15 bits per heavy atom. The highest BCUT2D eigenvalue weighted by Crippen LogP contribution is 2.32. The van der Waals surface area contributed by atoms with Crippen LogP contribution in [0.5, 0.6) is 0 Å². The molecule has 5 heteroatoms. The maximum atomic E-state index is 12.9. The molecular formula is C21H37N3O2. The summed E-state index contributed by atoms with van der Waals surface area (Å²) in [5.41, 5.74) is 0.0310. The predicted octanol–water partition coefficient (Wildman–Crippen LogP) is 2.65. The Bertz CT molecular complexity index is 496. The Morgan fingerprint density at radius 2 is 1.62 bits per heavy atom. The van der Waals surface area contributed by atoms with Crippen LogP contribution in [0.15, 0.2) is 0 Å². The number of hydrogen-bond donors (Lipinski definition) is 1. The van der Waals surface area contributed by atoms with E-state index in [-0.39, 0.29) is 23.3 Å². The van der Waals surface area contributed by atoms with Crippen molar-refractivity contribution in [2.24, 2.45) is 17.3 Å². The van der Waals surface area contributed by atoms with Crippen molar-refractivity contribution in [1.29, 1.82) is 0 Å². The van der Waals surface area contributed by atoms with Crippen molar-refractivity contribution < 1.29 is 9.59 Å². The average Bonchev–Trinajstić information content (AvgIpc) is 3.26. The zero-order valence-corrected chi connectivity index (χ0v) is 16.9. The summed E-state index contributed by atoms with van der Waals surface area (Å²) in [6, 6.07) is 0.0103. The van der Waals surface area contributed by atoms with E-state index in [1.165, 1.54) is 38.5 Å². The summed E-state index contributed by atoms with van der Waals surface area (Å²) in [7, 11) is 0. The lowest BCUT2D eigenvalue weighted by Gasteiger charge is -2.41. The zero-order valence-electron chi connectivity index (χ0n) is 16.9. The van der Waals surface area contributed by atoms with E-state index in [4.69, 9.17) is 0 Å². The average molecular weight is 364 g/mol. The van der Waals surface area contributed by atoms with E-state index in [0.29, 0.717) is 12.3 Å². The molecule has 0 spiro atoms. The number of hydrogen-bond acceptors (Lipinski definition) is 3.